The predicted molar refractivity (Wildman–Crippen MR) is 162 cm³/mol. The lowest BCUT2D eigenvalue weighted by atomic mass is 10.2. The largest absolute Gasteiger partial charge is 0.471 e. The monoisotopic (exact) mass is 664 g/mol. The normalized spacial score (nSPS) is 18.2. The van der Waals surface area contributed by atoms with Crippen LogP contribution in [0, 0.1) is 11.8 Å². The smallest absolute Gasteiger partial charge is 0.414 e. The van der Waals surface area contributed by atoms with Crippen molar-refractivity contribution in [3.05, 3.63) is 68.6 Å². The lowest BCUT2D eigenvalue weighted by Crippen LogP contribution is -2.44. The fraction of sp³-hybridized carbons (Fsp3) is 0.500. The Labute approximate surface area is 263 Å². The summed E-state index contributed by atoms with van der Waals surface area (Å²) in [6.07, 6.45) is -6.15. The zero-order valence-electron chi connectivity index (χ0n) is 25.9. The van der Waals surface area contributed by atoms with Crippen molar-refractivity contribution >= 4 is 25.9 Å². The molecule has 0 radical (unpaired) electrons. The van der Waals surface area contributed by atoms with Crippen LogP contribution in [-0.4, -0.2) is 67.9 Å². The highest BCUT2D eigenvalue weighted by atomic mass is 28.4. The Morgan fingerprint density at radius 2 is 1.96 bits per heavy atom. The van der Waals surface area contributed by atoms with Crippen molar-refractivity contribution in [2.45, 2.75) is 69.9 Å². The average molecular weight is 665 g/mol. The number of azide groups is 1. The van der Waals surface area contributed by atoms with Gasteiger partial charge in [-0.15, -0.1) is 0 Å². The molecule has 2 amide bonds. The zero-order chi connectivity index (χ0) is 34.3. The molecule has 0 bridgehead atoms. The van der Waals surface area contributed by atoms with Crippen LogP contribution in [-0.2, 0) is 18.7 Å². The van der Waals surface area contributed by atoms with Crippen LogP contribution >= 0.6 is 0 Å². The summed E-state index contributed by atoms with van der Waals surface area (Å²) in [6, 6.07) is 7.84. The Bertz CT molecular complexity index is 1580. The number of hydrazine groups is 1. The lowest BCUT2D eigenvalue weighted by molar-refractivity contribution is -0.173. The highest BCUT2D eigenvalue weighted by molar-refractivity contribution is 6.74. The summed E-state index contributed by atoms with van der Waals surface area (Å²) in [5, 5.41) is 5.51. The second-order valence-corrected chi connectivity index (χ2v) is 16.5. The van der Waals surface area contributed by atoms with E-state index >= 15 is 0 Å². The molecule has 3 atom stereocenters. The number of nitrogens with one attached hydrogen (secondary N) is 1. The van der Waals surface area contributed by atoms with E-state index in [4.69, 9.17) is 25.3 Å². The van der Waals surface area contributed by atoms with Crippen molar-refractivity contribution < 1.29 is 36.7 Å². The van der Waals surface area contributed by atoms with E-state index in [1.165, 1.54) is 18.3 Å². The van der Waals surface area contributed by atoms with Crippen LogP contribution in [0.15, 0.2) is 46.4 Å². The fourth-order valence-corrected chi connectivity index (χ4v) is 4.99. The maximum atomic E-state index is 13.3. The molecule has 18 heteroatoms. The Kier molecular flexibility index (Phi) is 11.7. The number of amides is 2. The van der Waals surface area contributed by atoms with Gasteiger partial charge in [-0.3, -0.25) is 14.2 Å². The van der Waals surface area contributed by atoms with E-state index in [9.17, 15) is 27.6 Å². The van der Waals surface area contributed by atoms with Gasteiger partial charge in [-0.1, -0.05) is 55.9 Å². The highest BCUT2D eigenvalue weighted by Crippen LogP contribution is 2.38. The van der Waals surface area contributed by atoms with Gasteiger partial charge in [-0.05, 0) is 35.8 Å². The van der Waals surface area contributed by atoms with Crippen LogP contribution < -0.4 is 21.9 Å². The summed E-state index contributed by atoms with van der Waals surface area (Å²) in [7, 11) is -2.23. The lowest BCUT2D eigenvalue weighted by Gasteiger charge is -2.37. The molecule has 2 aromatic rings. The first kappa shape index (κ1) is 36.2. The number of alkyl halides is 3. The first-order chi connectivity index (χ1) is 21.5. The number of carbonyl (C=O) groups is 2. The Morgan fingerprint density at radius 3 is 2.57 bits per heavy atom. The summed E-state index contributed by atoms with van der Waals surface area (Å²) < 4.78 is 57.1. The number of anilines is 1. The van der Waals surface area contributed by atoms with Gasteiger partial charge in [0.05, 0.1) is 24.8 Å². The third kappa shape index (κ3) is 9.16. The number of hydrogen-bond acceptors (Lipinski definition) is 9. The summed E-state index contributed by atoms with van der Waals surface area (Å²) in [5.74, 6) is 7.64. The number of ether oxygens (including phenoxy) is 2. The van der Waals surface area contributed by atoms with Crippen LogP contribution in [0.2, 0.25) is 18.1 Å². The number of benzene rings is 1. The van der Waals surface area contributed by atoms with Crippen LogP contribution in [0.5, 0.6) is 0 Å². The van der Waals surface area contributed by atoms with Gasteiger partial charge in [0.15, 0.2) is 14.1 Å². The summed E-state index contributed by atoms with van der Waals surface area (Å²) in [4.78, 5) is 44.2. The SMILES string of the molecule is CC(C)(C)[Si](C)(C)OCC1OC(n2cc(C#CCNC(=O)C(F)(F)F)c(N(N)C(=O)c3ccccc3)nc2=O)CC1OCN=[N+]=[N-]. The first-order valence-electron chi connectivity index (χ1n) is 14.0. The van der Waals surface area contributed by atoms with Gasteiger partial charge in [-0.25, -0.2) is 15.6 Å². The fourth-order valence-electron chi connectivity index (χ4n) is 3.98. The molecule has 2 heterocycles. The third-order valence-electron chi connectivity index (χ3n) is 7.53. The van der Waals surface area contributed by atoms with Crippen LogP contribution in [0.3, 0.4) is 0 Å². The molecule has 0 aliphatic carbocycles. The van der Waals surface area contributed by atoms with Crippen molar-refractivity contribution in [2.24, 2.45) is 11.0 Å². The Balaban J connectivity index is 1.98. The molecular weight excluding hydrogens is 629 g/mol. The number of hydrogen-bond donors (Lipinski definition) is 2. The predicted octanol–water partition coefficient (Wildman–Crippen LogP) is 3.76. The number of aromatic nitrogens is 2. The molecule has 1 fully saturated rings. The molecule has 14 nitrogen and oxygen atoms in total. The Morgan fingerprint density at radius 1 is 1.28 bits per heavy atom. The minimum absolute atomic E-state index is 0.0944. The molecule has 1 saturated heterocycles. The number of halogens is 3. The number of rotatable bonds is 10. The molecule has 0 saturated carbocycles. The molecule has 46 heavy (non-hydrogen) atoms. The second-order valence-electron chi connectivity index (χ2n) is 11.7. The summed E-state index contributed by atoms with van der Waals surface area (Å²) in [5.41, 5.74) is 7.85. The van der Waals surface area contributed by atoms with Crippen molar-refractivity contribution in [3.63, 3.8) is 0 Å². The van der Waals surface area contributed by atoms with Gasteiger partial charge in [-0.2, -0.15) is 18.2 Å². The van der Waals surface area contributed by atoms with Gasteiger partial charge in [0, 0.05) is 23.1 Å². The van der Waals surface area contributed by atoms with E-state index in [-0.39, 0.29) is 41.7 Å². The van der Waals surface area contributed by atoms with E-state index < -0.39 is 57.0 Å². The molecule has 1 aromatic carbocycles. The maximum Gasteiger partial charge on any atom is 0.471 e. The van der Waals surface area contributed by atoms with Crippen LogP contribution in [0.25, 0.3) is 10.4 Å². The van der Waals surface area contributed by atoms with Crippen LogP contribution in [0.4, 0.5) is 19.0 Å². The molecule has 0 spiro atoms. The molecular formula is C28H35F3N8O6Si. The quantitative estimate of drug-likeness (QED) is 0.0562. The van der Waals surface area contributed by atoms with E-state index in [0.29, 0.717) is 5.01 Å². The minimum Gasteiger partial charge on any atom is -0.414 e. The van der Waals surface area contributed by atoms with E-state index in [2.05, 4.69) is 60.7 Å². The first-order valence-corrected chi connectivity index (χ1v) is 16.9. The number of carbonyl (C=O) groups excluding carboxylic acids is 2. The summed E-state index contributed by atoms with van der Waals surface area (Å²) >= 11 is 0. The number of nitrogens with zero attached hydrogens (tertiary/aromatic N) is 6. The van der Waals surface area contributed by atoms with Gasteiger partial charge < -0.3 is 19.2 Å². The summed E-state index contributed by atoms with van der Waals surface area (Å²) in [6.45, 7) is 9.42. The van der Waals surface area contributed by atoms with Crippen molar-refractivity contribution in [1.29, 1.82) is 0 Å². The van der Waals surface area contributed by atoms with E-state index in [1.807, 2.05) is 0 Å². The molecule has 1 aromatic heterocycles. The third-order valence-corrected chi connectivity index (χ3v) is 12.0. The van der Waals surface area contributed by atoms with Crippen LogP contribution in [0.1, 0.15) is 49.3 Å². The van der Waals surface area contributed by atoms with Crippen molar-refractivity contribution in [2.75, 3.05) is 24.9 Å². The van der Waals surface area contributed by atoms with Gasteiger partial charge >= 0.3 is 17.8 Å². The van der Waals surface area contributed by atoms with Gasteiger partial charge in [0.25, 0.3) is 5.91 Å². The van der Waals surface area contributed by atoms with Crippen molar-refractivity contribution in [1.82, 2.24) is 14.9 Å². The topological polar surface area (TPSA) is 187 Å². The van der Waals surface area contributed by atoms with Gasteiger partial charge in [0.1, 0.15) is 19.1 Å². The van der Waals surface area contributed by atoms with E-state index in [0.717, 1.165) is 4.57 Å². The minimum atomic E-state index is -5.11. The highest BCUT2D eigenvalue weighted by Gasteiger charge is 2.42. The van der Waals surface area contributed by atoms with E-state index in [1.54, 1.807) is 23.5 Å². The standard InChI is InChI=1S/C28H35F3N8O6Si/c1-27(2,3)46(4,5)44-16-21-20(43-17-35-37-32)14-22(45-21)38-15-19(12-9-13-34-25(41)28(29,30)31)23(36-26(38)42)39(33)24(40)18-10-7-6-8-11-18/h6-8,10-11,15,20-22H,13-14,16-17,33H2,1-5H3,(H,34,41). The second kappa shape index (κ2) is 14.9. The molecule has 1 aliphatic rings. The molecule has 3 unspecified atom stereocenters. The molecule has 3 rings (SSSR count). The van der Waals surface area contributed by atoms with Crippen molar-refractivity contribution in [3.8, 4) is 11.8 Å². The average Bonchev–Trinajstić information content (AvgIpc) is 3.39. The Hall–Kier alpha value is -4.24. The zero-order valence-corrected chi connectivity index (χ0v) is 26.9. The number of nitrogens with two attached hydrogens (primary N) is 1. The molecule has 1 aliphatic heterocycles. The maximum absolute atomic E-state index is 13.3. The molecule has 3 N–H and O–H groups in total. The molecule has 248 valence electrons. The van der Waals surface area contributed by atoms with Gasteiger partial charge in [0.2, 0.25) is 0 Å².